The van der Waals surface area contributed by atoms with Gasteiger partial charge in [0.25, 0.3) is 0 Å². The van der Waals surface area contributed by atoms with Crippen LogP contribution in [0.4, 0.5) is 4.79 Å². The van der Waals surface area contributed by atoms with Gasteiger partial charge >= 0.3 is 6.09 Å². The number of hydrogen-bond acceptors (Lipinski definition) is 5. The van der Waals surface area contributed by atoms with Crippen molar-refractivity contribution in [3.63, 3.8) is 0 Å². The van der Waals surface area contributed by atoms with Crippen LogP contribution in [0.25, 0.3) is 11.3 Å². The second-order valence-corrected chi connectivity index (χ2v) is 10.1. The first kappa shape index (κ1) is 23.2. The normalized spacial score (nSPS) is 19.4. The summed E-state index contributed by atoms with van der Waals surface area (Å²) >= 11 is 0. The number of nitrogens with one attached hydrogen (secondary N) is 1. The molecule has 0 bridgehead atoms. The molecule has 1 N–H and O–H groups in total. The minimum absolute atomic E-state index is 0.00555. The third-order valence-corrected chi connectivity index (χ3v) is 6.78. The highest BCUT2D eigenvalue weighted by Crippen LogP contribution is 2.24. The van der Waals surface area contributed by atoms with E-state index in [4.69, 9.17) is 9.72 Å². The number of carbonyl (C=O) groups is 1. The van der Waals surface area contributed by atoms with E-state index in [9.17, 15) is 13.2 Å². The molecule has 1 saturated heterocycles. The summed E-state index contributed by atoms with van der Waals surface area (Å²) in [6.07, 6.45) is 1.14. The number of carbonyl (C=O) groups excluding carboxylic acids is 1. The molecule has 1 aromatic heterocycles. The third-order valence-electron chi connectivity index (χ3n) is 5.36. The Morgan fingerprint density at radius 3 is 2.61 bits per heavy atom. The van der Waals surface area contributed by atoms with Crippen molar-refractivity contribution >= 4 is 16.1 Å². The molecule has 1 aliphatic rings. The lowest BCUT2D eigenvalue weighted by Crippen LogP contribution is -2.58. The Balaban J connectivity index is 1.90. The molecule has 1 aliphatic heterocycles. The Labute approximate surface area is 184 Å². The summed E-state index contributed by atoms with van der Waals surface area (Å²) in [5, 5.41) is 0. The number of ether oxygens (including phenoxy) is 1. The van der Waals surface area contributed by atoms with E-state index in [1.807, 2.05) is 48.5 Å². The lowest BCUT2D eigenvalue weighted by atomic mass is 9.93. The van der Waals surface area contributed by atoms with Crippen LogP contribution in [-0.2, 0) is 21.2 Å². The zero-order valence-electron chi connectivity index (χ0n) is 18.3. The number of pyridine rings is 1. The molecule has 168 valence electrons. The van der Waals surface area contributed by atoms with Crippen molar-refractivity contribution in [1.29, 1.82) is 0 Å². The topological polar surface area (TPSA) is 88.6 Å². The summed E-state index contributed by atoms with van der Waals surface area (Å²) in [4.78, 5) is 19.2. The molecule has 2 heterocycles. The van der Waals surface area contributed by atoms with Crippen LogP contribution < -0.4 is 4.72 Å². The zero-order chi connectivity index (χ0) is 22.4. The van der Waals surface area contributed by atoms with Gasteiger partial charge in [0.05, 0.1) is 23.6 Å². The molecule has 7 nitrogen and oxygen atoms in total. The van der Waals surface area contributed by atoms with Gasteiger partial charge in [-0.25, -0.2) is 17.9 Å². The maximum atomic E-state index is 12.8. The number of rotatable bonds is 7. The Morgan fingerprint density at radius 2 is 1.94 bits per heavy atom. The largest absolute Gasteiger partial charge is 0.447 e. The smallest absolute Gasteiger partial charge is 0.410 e. The van der Waals surface area contributed by atoms with Crippen molar-refractivity contribution in [2.75, 3.05) is 12.3 Å². The van der Waals surface area contributed by atoms with E-state index in [1.165, 1.54) is 0 Å². The molecule has 0 radical (unpaired) electrons. The molecule has 0 aliphatic carbocycles. The molecule has 2 aromatic rings. The molecule has 1 amide bonds. The Hall–Kier alpha value is -2.45. The van der Waals surface area contributed by atoms with Crippen LogP contribution in [0.15, 0.2) is 48.5 Å². The van der Waals surface area contributed by atoms with Crippen molar-refractivity contribution in [3.05, 3.63) is 54.2 Å². The number of hydrogen-bond donors (Lipinski definition) is 1. The van der Waals surface area contributed by atoms with Gasteiger partial charge < -0.3 is 9.64 Å². The van der Waals surface area contributed by atoms with Crippen LogP contribution in [-0.4, -0.2) is 54.9 Å². The van der Waals surface area contributed by atoms with Crippen LogP contribution in [0.5, 0.6) is 0 Å². The first-order valence-electron chi connectivity index (χ1n) is 10.8. The molecule has 3 rings (SSSR count). The quantitative estimate of drug-likeness (QED) is 0.703. The van der Waals surface area contributed by atoms with Crippen molar-refractivity contribution in [1.82, 2.24) is 14.6 Å². The van der Waals surface area contributed by atoms with Crippen molar-refractivity contribution < 1.29 is 17.9 Å². The van der Waals surface area contributed by atoms with E-state index in [0.717, 1.165) is 17.0 Å². The average Bonchev–Trinajstić information content (AvgIpc) is 2.75. The summed E-state index contributed by atoms with van der Waals surface area (Å²) in [6.45, 7) is 5.74. The van der Waals surface area contributed by atoms with Crippen molar-refractivity contribution in [3.8, 4) is 11.3 Å². The molecule has 0 spiro atoms. The molecule has 8 heteroatoms. The Morgan fingerprint density at radius 1 is 1.19 bits per heavy atom. The van der Waals surface area contributed by atoms with Crippen LogP contribution in [0.1, 0.15) is 39.3 Å². The summed E-state index contributed by atoms with van der Waals surface area (Å²) in [6, 6.07) is 14.9. The third kappa shape index (κ3) is 6.27. The van der Waals surface area contributed by atoms with E-state index in [-0.39, 0.29) is 23.9 Å². The number of aromatic nitrogens is 1. The predicted molar refractivity (Wildman–Crippen MR) is 121 cm³/mol. The van der Waals surface area contributed by atoms with Gasteiger partial charge in [-0.1, -0.05) is 36.4 Å². The fourth-order valence-corrected chi connectivity index (χ4v) is 4.74. The van der Waals surface area contributed by atoms with Crippen LogP contribution in [0.3, 0.4) is 0 Å². The van der Waals surface area contributed by atoms with Crippen LogP contribution in [0, 0.1) is 0 Å². The van der Waals surface area contributed by atoms with Gasteiger partial charge in [-0.2, -0.15) is 0 Å². The number of piperidine rings is 1. The van der Waals surface area contributed by atoms with Gasteiger partial charge in [0.2, 0.25) is 10.0 Å². The molecule has 1 fully saturated rings. The van der Waals surface area contributed by atoms with Gasteiger partial charge in [0.1, 0.15) is 0 Å². The maximum Gasteiger partial charge on any atom is 0.410 e. The zero-order valence-corrected chi connectivity index (χ0v) is 19.1. The number of sulfonamides is 1. The van der Waals surface area contributed by atoms with E-state index in [0.29, 0.717) is 25.8 Å². The van der Waals surface area contributed by atoms with Crippen molar-refractivity contribution in [2.24, 2.45) is 0 Å². The lowest BCUT2D eigenvalue weighted by molar-refractivity contribution is 0.0459. The van der Waals surface area contributed by atoms with Crippen LogP contribution >= 0.6 is 0 Å². The predicted octanol–water partition coefficient (Wildman–Crippen LogP) is 3.61. The minimum Gasteiger partial charge on any atom is -0.447 e. The first-order valence-corrected chi connectivity index (χ1v) is 12.4. The Bertz CT molecular complexity index is 979. The molecule has 0 unspecified atom stereocenters. The van der Waals surface area contributed by atoms with Gasteiger partial charge in [0.15, 0.2) is 0 Å². The van der Waals surface area contributed by atoms with E-state index in [2.05, 4.69) is 4.72 Å². The number of amides is 1. The lowest BCUT2D eigenvalue weighted by Gasteiger charge is -2.41. The summed E-state index contributed by atoms with van der Waals surface area (Å²) < 4.78 is 32.8. The maximum absolute atomic E-state index is 12.8. The summed E-state index contributed by atoms with van der Waals surface area (Å²) in [5.41, 5.74) is 2.65. The van der Waals surface area contributed by atoms with Gasteiger partial charge in [0, 0.05) is 30.3 Å². The molecular weight excluding hydrogens is 414 g/mol. The van der Waals surface area contributed by atoms with Gasteiger partial charge in [-0.15, -0.1) is 0 Å². The van der Waals surface area contributed by atoms with Crippen molar-refractivity contribution in [2.45, 2.75) is 58.2 Å². The Kier molecular flexibility index (Phi) is 7.67. The highest BCUT2D eigenvalue weighted by Gasteiger charge is 2.37. The van der Waals surface area contributed by atoms with Gasteiger partial charge in [-0.3, -0.25) is 4.98 Å². The molecular formula is C23H31N3O4S. The van der Waals surface area contributed by atoms with E-state index in [1.54, 1.807) is 25.7 Å². The first-order chi connectivity index (χ1) is 14.8. The second-order valence-electron chi connectivity index (χ2n) is 8.05. The standard InChI is InChI=1S/C23H31N3O4S/c1-4-31(28,29)25-21-14-9-15-26(23(27)30-17(2)3)22(21)16-19-12-8-13-20(24-19)18-10-6-5-7-11-18/h5-8,10-13,17,21-22,25H,4,9,14-16H2,1-3H3/t21-,22-/m0/s1. The minimum atomic E-state index is -3.42. The van der Waals surface area contributed by atoms with Crippen LogP contribution in [0.2, 0.25) is 0 Å². The molecule has 31 heavy (non-hydrogen) atoms. The molecule has 2 atom stereocenters. The molecule has 1 aromatic carbocycles. The average molecular weight is 446 g/mol. The van der Waals surface area contributed by atoms with E-state index < -0.39 is 16.1 Å². The second kappa shape index (κ2) is 10.2. The summed E-state index contributed by atoms with van der Waals surface area (Å²) in [5.74, 6) is -0.00555. The fourth-order valence-electron chi connectivity index (χ4n) is 3.83. The SMILES string of the molecule is CCS(=O)(=O)N[C@H]1CCCN(C(=O)OC(C)C)[C@H]1Cc1cccc(-c2ccccc2)n1. The highest BCUT2D eigenvalue weighted by atomic mass is 32.2. The monoisotopic (exact) mass is 445 g/mol. The summed E-state index contributed by atoms with van der Waals surface area (Å²) in [7, 11) is -3.42. The number of nitrogens with zero attached hydrogens (tertiary/aromatic N) is 2. The number of likely N-dealkylation sites (tertiary alicyclic amines) is 1. The van der Waals surface area contributed by atoms with E-state index >= 15 is 0 Å². The van der Waals surface area contributed by atoms with Gasteiger partial charge in [-0.05, 0) is 45.7 Å². The highest BCUT2D eigenvalue weighted by molar-refractivity contribution is 7.89. The number of benzene rings is 1. The fraction of sp³-hybridized carbons (Fsp3) is 0.478. The molecule has 0 saturated carbocycles.